The second-order valence-electron chi connectivity index (χ2n) is 7.81. The van der Waals surface area contributed by atoms with Gasteiger partial charge in [-0.25, -0.2) is 4.79 Å². The van der Waals surface area contributed by atoms with Crippen molar-refractivity contribution in [1.82, 2.24) is 4.90 Å². The number of hydrogen-bond acceptors (Lipinski definition) is 6. The molecule has 0 bridgehead atoms. The van der Waals surface area contributed by atoms with Gasteiger partial charge in [0.25, 0.3) is 5.91 Å². The zero-order chi connectivity index (χ0) is 22.7. The van der Waals surface area contributed by atoms with E-state index in [2.05, 4.69) is 22.0 Å². The van der Waals surface area contributed by atoms with Crippen LogP contribution in [0.4, 0.5) is 0 Å². The lowest BCUT2D eigenvalue weighted by molar-refractivity contribution is 0.0623. The third kappa shape index (κ3) is 4.55. The van der Waals surface area contributed by atoms with Gasteiger partial charge in [-0.3, -0.25) is 4.79 Å². The smallest absolute Gasteiger partial charge is 0.349 e. The van der Waals surface area contributed by atoms with E-state index in [1.54, 1.807) is 36.5 Å². The molecule has 4 rings (SSSR count). The number of carbonyl (C=O) groups is 1. The summed E-state index contributed by atoms with van der Waals surface area (Å²) in [5, 5.41) is 1.75. The van der Waals surface area contributed by atoms with Crippen molar-refractivity contribution in [2.24, 2.45) is 0 Å². The Morgan fingerprint density at radius 1 is 1.19 bits per heavy atom. The number of fused-ring (bicyclic) bond motifs is 3. The molecule has 0 atom stereocenters. The molecule has 1 aliphatic carbocycles. The Bertz CT molecular complexity index is 1220. The Hall–Kier alpha value is -2.00. The maximum atomic E-state index is 13.1. The van der Waals surface area contributed by atoms with Crippen molar-refractivity contribution in [2.75, 3.05) is 40.5 Å². The Kier molecular flexibility index (Phi) is 7.45. The molecule has 0 aliphatic heterocycles. The quantitative estimate of drug-likeness (QED) is 0.369. The normalized spacial score (nSPS) is 14.2. The molecule has 32 heavy (non-hydrogen) atoms. The fourth-order valence-electron chi connectivity index (χ4n) is 3.99. The molecule has 8 heteroatoms. The minimum atomic E-state index is -0.627. The van der Waals surface area contributed by atoms with Crippen LogP contribution in [0, 0.1) is 0 Å². The van der Waals surface area contributed by atoms with Crippen molar-refractivity contribution < 1.29 is 18.7 Å². The van der Waals surface area contributed by atoms with Gasteiger partial charge in [0.05, 0.1) is 17.9 Å². The van der Waals surface area contributed by atoms with E-state index in [0.717, 1.165) is 32.8 Å². The number of carbonyl (C=O) groups excluding carboxylic acids is 1. The van der Waals surface area contributed by atoms with Crippen LogP contribution in [0.5, 0.6) is 0 Å². The van der Waals surface area contributed by atoms with Crippen molar-refractivity contribution >= 4 is 59.8 Å². The van der Waals surface area contributed by atoms with Crippen LogP contribution < -0.4 is 5.63 Å². The number of amides is 1. The predicted molar refractivity (Wildman–Crippen MR) is 132 cm³/mol. The molecule has 0 saturated heterocycles. The first kappa shape index (κ1) is 23.2. The topological polar surface area (TPSA) is 69.0 Å². The van der Waals surface area contributed by atoms with Gasteiger partial charge in [-0.1, -0.05) is 18.2 Å². The van der Waals surface area contributed by atoms with Gasteiger partial charge in [-0.15, -0.1) is 11.3 Å². The number of nitrogens with zero attached hydrogens (tertiary/aromatic N) is 1. The number of halogens is 1. The van der Waals surface area contributed by atoms with Gasteiger partial charge in [0.1, 0.15) is 5.56 Å². The first-order chi connectivity index (χ1) is 15.5. The van der Waals surface area contributed by atoms with Crippen molar-refractivity contribution in [3.8, 4) is 0 Å². The highest BCUT2D eigenvalue weighted by atomic mass is 79.9. The van der Waals surface area contributed by atoms with Gasteiger partial charge >= 0.3 is 5.63 Å². The van der Waals surface area contributed by atoms with Crippen LogP contribution in [0.25, 0.3) is 26.6 Å². The molecule has 0 fully saturated rings. The van der Waals surface area contributed by atoms with Crippen LogP contribution in [-0.4, -0.2) is 51.3 Å². The molecule has 0 radical (unpaired) electrons. The van der Waals surface area contributed by atoms with Gasteiger partial charge in [-0.2, -0.15) is 0 Å². The minimum Gasteiger partial charge on any atom is -0.421 e. The fraction of sp³-hybridized carbons (Fsp3) is 0.417. The first-order valence-electron chi connectivity index (χ1n) is 10.7. The van der Waals surface area contributed by atoms with E-state index >= 15 is 0 Å². The van der Waals surface area contributed by atoms with E-state index in [1.165, 1.54) is 23.3 Å². The van der Waals surface area contributed by atoms with E-state index in [1.807, 2.05) is 12.1 Å². The highest BCUT2D eigenvalue weighted by molar-refractivity contribution is 9.10. The van der Waals surface area contributed by atoms with Gasteiger partial charge in [0.2, 0.25) is 0 Å². The van der Waals surface area contributed by atoms with E-state index in [0.29, 0.717) is 31.9 Å². The van der Waals surface area contributed by atoms with Gasteiger partial charge in [0, 0.05) is 47.4 Å². The average Bonchev–Trinajstić information content (AvgIpc) is 3.16. The van der Waals surface area contributed by atoms with Crippen molar-refractivity contribution in [3.05, 3.63) is 49.6 Å². The number of ether oxygens (including phenoxy) is 2. The maximum Gasteiger partial charge on any atom is 0.349 e. The molecule has 0 N–H and O–H groups in total. The van der Waals surface area contributed by atoms with Crippen LogP contribution in [0.2, 0.25) is 0 Å². The summed E-state index contributed by atoms with van der Waals surface area (Å²) in [6.45, 7) is 1.48. The van der Waals surface area contributed by atoms with Crippen LogP contribution in [0.1, 0.15) is 40.9 Å². The van der Waals surface area contributed by atoms with E-state index < -0.39 is 5.63 Å². The molecule has 1 aromatic carbocycles. The summed E-state index contributed by atoms with van der Waals surface area (Å²) in [7, 11) is 3.15. The Labute approximate surface area is 198 Å². The molecule has 2 aromatic heterocycles. The summed E-state index contributed by atoms with van der Waals surface area (Å²) in [4.78, 5) is 28.7. The van der Waals surface area contributed by atoms with Gasteiger partial charge in [-0.05, 0) is 53.3 Å². The van der Waals surface area contributed by atoms with Gasteiger partial charge < -0.3 is 18.8 Å². The SMILES string of the molecule is COCCN(CCOC)C(=O)c1cc2ccc3c(Br)c(C4=CCCCC4)sc3c2oc1=O. The summed E-state index contributed by atoms with van der Waals surface area (Å²) < 4.78 is 17.9. The summed E-state index contributed by atoms with van der Waals surface area (Å²) >= 11 is 5.40. The Morgan fingerprint density at radius 3 is 2.59 bits per heavy atom. The molecule has 1 aliphatic rings. The first-order valence-corrected chi connectivity index (χ1v) is 12.3. The minimum absolute atomic E-state index is 0.0230. The van der Waals surface area contributed by atoms with Crippen molar-refractivity contribution in [3.63, 3.8) is 0 Å². The zero-order valence-electron chi connectivity index (χ0n) is 18.2. The maximum absolute atomic E-state index is 13.1. The molecule has 170 valence electrons. The van der Waals surface area contributed by atoms with Gasteiger partial charge in [0.15, 0.2) is 5.58 Å². The highest BCUT2D eigenvalue weighted by Crippen LogP contribution is 2.44. The fourth-order valence-corrected chi connectivity index (χ4v) is 6.20. The standard InChI is InChI=1S/C24H26BrNO5S/c1-29-12-10-26(11-13-30-2)23(27)18-14-16-8-9-17-19(25)21(15-6-4-3-5-7-15)32-22(17)20(16)31-24(18)28/h6,8-9,14H,3-5,7,10-13H2,1-2H3. The molecule has 6 nitrogen and oxygen atoms in total. The lowest BCUT2D eigenvalue weighted by atomic mass is 9.98. The van der Waals surface area contributed by atoms with Crippen LogP contribution >= 0.6 is 27.3 Å². The average molecular weight is 520 g/mol. The number of hydrogen-bond donors (Lipinski definition) is 0. The zero-order valence-corrected chi connectivity index (χ0v) is 20.6. The Morgan fingerprint density at radius 2 is 1.94 bits per heavy atom. The summed E-state index contributed by atoms with van der Waals surface area (Å²) in [6, 6.07) is 5.57. The van der Waals surface area contributed by atoms with Crippen LogP contribution in [0.3, 0.4) is 0 Å². The summed E-state index contributed by atoms with van der Waals surface area (Å²) in [5.74, 6) is -0.379. The number of allylic oxidation sites excluding steroid dienone is 2. The molecule has 3 aromatic rings. The lowest BCUT2D eigenvalue weighted by Gasteiger charge is -2.21. The largest absolute Gasteiger partial charge is 0.421 e. The second-order valence-corrected chi connectivity index (χ2v) is 9.62. The predicted octanol–water partition coefficient (Wildman–Crippen LogP) is 5.46. The summed E-state index contributed by atoms with van der Waals surface area (Å²) in [5.41, 5.74) is 1.27. The molecular weight excluding hydrogens is 494 g/mol. The second kappa shape index (κ2) is 10.3. The van der Waals surface area contributed by atoms with Crippen molar-refractivity contribution in [1.29, 1.82) is 0 Å². The van der Waals surface area contributed by atoms with Crippen molar-refractivity contribution in [2.45, 2.75) is 25.7 Å². The molecule has 0 spiro atoms. The molecule has 0 saturated carbocycles. The van der Waals surface area contributed by atoms with Crippen LogP contribution in [0.15, 0.2) is 38.0 Å². The molecular formula is C24H26BrNO5S. The van der Waals surface area contributed by atoms with E-state index in [9.17, 15) is 9.59 Å². The molecule has 1 amide bonds. The molecule has 0 unspecified atom stereocenters. The number of benzene rings is 1. The number of rotatable bonds is 8. The number of thiophene rings is 1. The van der Waals surface area contributed by atoms with E-state index in [4.69, 9.17) is 13.9 Å². The number of methoxy groups -OCH3 is 2. The third-order valence-electron chi connectivity index (χ3n) is 5.73. The van der Waals surface area contributed by atoms with Crippen LogP contribution in [-0.2, 0) is 9.47 Å². The third-order valence-corrected chi connectivity index (χ3v) is 8.09. The summed E-state index contributed by atoms with van der Waals surface area (Å²) in [6.07, 6.45) is 6.89. The lowest BCUT2D eigenvalue weighted by Crippen LogP contribution is -2.38. The highest BCUT2D eigenvalue weighted by Gasteiger charge is 2.23. The molecule has 2 heterocycles. The monoisotopic (exact) mass is 519 g/mol. The Balaban J connectivity index is 1.76. The van der Waals surface area contributed by atoms with E-state index in [-0.39, 0.29) is 11.5 Å².